The zero-order chi connectivity index (χ0) is 13.1. The maximum absolute atomic E-state index is 12.1. The molecule has 6 nitrogen and oxygen atoms in total. The third kappa shape index (κ3) is 2.68. The van der Waals surface area contributed by atoms with Gasteiger partial charge in [-0.15, -0.1) is 11.3 Å². The van der Waals surface area contributed by atoms with Gasteiger partial charge < -0.3 is 14.7 Å². The Hall–Kier alpha value is -1.47. The van der Waals surface area contributed by atoms with Crippen molar-refractivity contribution in [3.05, 3.63) is 16.1 Å². The molecule has 7 heteroatoms. The van der Waals surface area contributed by atoms with Crippen LogP contribution in [0.15, 0.2) is 6.20 Å². The minimum absolute atomic E-state index is 0.0908. The summed E-state index contributed by atoms with van der Waals surface area (Å²) in [5.41, 5.74) is 0. The van der Waals surface area contributed by atoms with Gasteiger partial charge in [-0.05, 0) is 6.42 Å². The quantitative estimate of drug-likeness (QED) is 0.871. The van der Waals surface area contributed by atoms with Crippen LogP contribution >= 0.6 is 11.3 Å². The van der Waals surface area contributed by atoms with Gasteiger partial charge in [0.25, 0.3) is 5.91 Å². The zero-order valence-corrected chi connectivity index (χ0v) is 10.8. The number of amides is 1. The second-order valence-corrected chi connectivity index (χ2v) is 5.04. The van der Waals surface area contributed by atoms with Gasteiger partial charge in [0.15, 0.2) is 6.10 Å². The third-order valence-corrected chi connectivity index (χ3v) is 3.83. The maximum Gasteiger partial charge on any atom is 0.334 e. The molecule has 1 saturated heterocycles. The smallest absolute Gasteiger partial charge is 0.334 e. The molecule has 18 heavy (non-hydrogen) atoms. The molecule has 2 heterocycles. The molecule has 1 aromatic rings. The van der Waals surface area contributed by atoms with Crippen molar-refractivity contribution in [3.63, 3.8) is 0 Å². The first-order valence-corrected chi connectivity index (χ1v) is 6.52. The van der Waals surface area contributed by atoms with Gasteiger partial charge in [-0.2, -0.15) is 0 Å². The van der Waals surface area contributed by atoms with E-state index in [9.17, 15) is 9.59 Å². The van der Waals surface area contributed by atoms with E-state index in [0.29, 0.717) is 11.4 Å². The number of carboxylic acid groups (broad SMARTS) is 1. The zero-order valence-electron chi connectivity index (χ0n) is 9.96. The summed E-state index contributed by atoms with van der Waals surface area (Å²) in [5, 5.41) is 9.78. The number of morpholine rings is 1. The van der Waals surface area contributed by atoms with E-state index in [-0.39, 0.29) is 19.1 Å². The van der Waals surface area contributed by atoms with E-state index in [1.54, 1.807) is 6.20 Å². The van der Waals surface area contributed by atoms with Crippen LogP contribution < -0.4 is 0 Å². The second kappa shape index (κ2) is 5.45. The number of aliphatic carboxylic acids is 1. The Morgan fingerprint density at radius 2 is 2.44 bits per heavy atom. The van der Waals surface area contributed by atoms with Crippen molar-refractivity contribution in [2.75, 3.05) is 19.7 Å². The Labute approximate surface area is 108 Å². The second-order valence-electron chi connectivity index (χ2n) is 3.92. The number of ether oxygens (including phenoxy) is 1. The minimum Gasteiger partial charge on any atom is -0.479 e. The van der Waals surface area contributed by atoms with Gasteiger partial charge in [-0.1, -0.05) is 6.92 Å². The molecule has 1 atom stereocenters. The van der Waals surface area contributed by atoms with E-state index >= 15 is 0 Å². The van der Waals surface area contributed by atoms with Gasteiger partial charge in [0, 0.05) is 6.54 Å². The van der Waals surface area contributed by atoms with Crippen LogP contribution in [-0.4, -0.2) is 52.7 Å². The highest BCUT2D eigenvalue weighted by Gasteiger charge is 2.30. The number of rotatable bonds is 3. The first-order valence-electron chi connectivity index (χ1n) is 5.70. The maximum atomic E-state index is 12.1. The monoisotopic (exact) mass is 270 g/mol. The van der Waals surface area contributed by atoms with E-state index in [2.05, 4.69) is 4.98 Å². The predicted molar refractivity (Wildman–Crippen MR) is 64.8 cm³/mol. The molecule has 0 aromatic carbocycles. The van der Waals surface area contributed by atoms with Crippen molar-refractivity contribution in [2.45, 2.75) is 19.4 Å². The molecule has 0 unspecified atom stereocenters. The average molecular weight is 270 g/mol. The van der Waals surface area contributed by atoms with Crippen molar-refractivity contribution in [1.29, 1.82) is 0 Å². The van der Waals surface area contributed by atoms with E-state index < -0.39 is 12.1 Å². The van der Waals surface area contributed by atoms with Gasteiger partial charge in [-0.3, -0.25) is 4.79 Å². The Morgan fingerprint density at radius 1 is 1.67 bits per heavy atom. The lowest BCUT2D eigenvalue weighted by atomic mass is 10.2. The SMILES string of the molecule is CCc1ncc(C(=O)N2CCO[C@@H](C(=O)O)C2)s1. The molecule has 1 fully saturated rings. The van der Waals surface area contributed by atoms with Crippen LogP contribution in [-0.2, 0) is 16.0 Å². The van der Waals surface area contributed by atoms with Crippen LogP contribution in [0.3, 0.4) is 0 Å². The number of aryl methyl sites for hydroxylation is 1. The Morgan fingerprint density at radius 3 is 3.06 bits per heavy atom. The van der Waals surface area contributed by atoms with Crippen LogP contribution in [0.4, 0.5) is 0 Å². The Bertz CT molecular complexity index is 460. The number of aromatic nitrogens is 1. The average Bonchev–Trinajstić information content (AvgIpc) is 2.86. The fourth-order valence-electron chi connectivity index (χ4n) is 1.71. The van der Waals surface area contributed by atoms with E-state index in [0.717, 1.165) is 11.4 Å². The molecular weight excluding hydrogens is 256 g/mol. The Balaban J connectivity index is 2.06. The molecule has 1 N–H and O–H groups in total. The van der Waals surface area contributed by atoms with E-state index in [1.807, 2.05) is 6.92 Å². The number of thiazole rings is 1. The van der Waals surface area contributed by atoms with Crippen LogP contribution in [0.25, 0.3) is 0 Å². The minimum atomic E-state index is -1.04. The topological polar surface area (TPSA) is 79.7 Å². The lowest BCUT2D eigenvalue weighted by Gasteiger charge is -2.30. The van der Waals surface area contributed by atoms with Crippen LogP contribution in [0, 0.1) is 0 Å². The van der Waals surface area contributed by atoms with Gasteiger partial charge >= 0.3 is 5.97 Å². The number of hydrogen-bond acceptors (Lipinski definition) is 5. The van der Waals surface area contributed by atoms with Crippen molar-refractivity contribution in [2.24, 2.45) is 0 Å². The molecule has 1 amide bonds. The van der Waals surface area contributed by atoms with Crippen LogP contribution in [0.2, 0.25) is 0 Å². The van der Waals surface area contributed by atoms with Crippen molar-refractivity contribution >= 4 is 23.2 Å². The number of nitrogens with zero attached hydrogens (tertiary/aromatic N) is 2. The lowest BCUT2D eigenvalue weighted by Crippen LogP contribution is -2.48. The van der Waals surface area contributed by atoms with Gasteiger partial charge in [-0.25, -0.2) is 9.78 Å². The van der Waals surface area contributed by atoms with E-state index in [4.69, 9.17) is 9.84 Å². The summed E-state index contributed by atoms with van der Waals surface area (Å²) in [6.45, 7) is 2.74. The van der Waals surface area contributed by atoms with Crippen LogP contribution in [0.5, 0.6) is 0 Å². The van der Waals surface area contributed by atoms with Crippen molar-refractivity contribution < 1.29 is 19.4 Å². The molecule has 1 aliphatic rings. The highest BCUT2D eigenvalue weighted by atomic mass is 32.1. The molecule has 0 spiro atoms. The molecule has 0 radical (unpaired) electrons. The van der Waals surface area contributed by atoms with Gasteiger partial charge in [0.1, 0.15) is 4.88 Å². The summed E-state index contributed by atoms with van der Waals surface area (Å²) >= 11 is 1.35. The first-order chi connectivity index (χ1) is 8.61. The fraction of sp³-hybridized carbons (Fsp3) is 0.545. The summed E-state index contributed by atoms with van der Waals surface area (Å²) in [6, 6.07) is 0. The van der Waals surface area contributed by atoms with Crippen molar-refractivity contribution in [3.8, 4) is 0 Å². The number of carboxylic acids is 1. The van der Waals surface area contributed by atoms with Gasteiger partial charge in [0.05, 0.1) is 24.4 Å². The number of carbonyl (C=O) groups is 2. The number of hydrogen-bond donors (Lipinski definition) is 1. The molecule has 1 aromatic heterocycles. The highest BCUT2D eigenvalue weighted by Crippen LogP contribution is 2.17. The van der Waals surface area contributed by atoms with E-state index in [1.165, 1.54) is 16.2 Å². The lowest BCUT2D eigenvalue weighted by molar-refractivity contribution is -0.154. The molecule has 0 bridgehead atoms. The summed E-state index contributed by atoms with van der Waals surface area (Å²) in [4.78, 5) is 29.2. The third-order valence-electron chi connectivity index (χ3n) is 2.70. The first kappa shape index (κ1) is 13.0. The summed E-state index contributed by atoms with van der Waals surface area (Å²) in [5.74, 6) is -1.20. The molecule has 0 aliphatic carbocycles. The highest BCUT2D eigenvalue weighted by molar-refractivity contribution is 7.13. The fourth-order valence-corrected chi connectivity index (χ4v) is 2.54. The van der Waals surface area contributed by atoms with Crippen LogP contribution in [0.1, 0.15) is 21.6 Å². The normalized spacial score (nSPS) is 19.8. The molecular formula is C11H14N2O4S. The summed E-state index contributed by atoms with van der Waals surface area (Å²) in [7, 11) is 0. The van der Waals surface area contributed by atoms with Gasteiger partial charge in [0.2, 0.25) is 0 Å². The summed E-state index contributed by atoms with van der Waals surface area (Å²) < 4.78 is 5.08. The van der Waals surface area contributed by atoms with Crippen molar-refractivity contribution in [1.82, 2.24) is 9.88 Å². The largest absolute Gasteiger partial charge is 0.479 e. The Kier molecular flexibility index (Phi) is 3.93. The molecule has 1 aliphatic heterocycles. The molecule has 2 rings (SSSR count). The molecule has 98 valence electrons. The number of carbonyl (C=O) groups excluding carboxylic acids is 1. The molecule has 0 saturated carbocycles. The summed E-state index contributed by atoms with van der Waals surface area (Å²) in [6.07, 6.45) is 1.41. The standard InChI is InChI=1S/C11H14N2O4S/c1-2-9-12-5-8(18-9)10(14)13-3-4-17-7(6-13)11(15)16/h5,7H,2-4,6H2,1H3,(H,15,16)/t7-/m1/s1. The predicted octanol–water partition coefficient (Wildman–Crippen LogP) is 0.631.